The lowest BCUT2D eigenvalue weighted by Gasteiger charge is -2.17. The van der Waals surface area contributed by atoms with Gasteiger partial charge in [0.05, 0.1) is 11.4 Å². The quantitative estimate of drug-likeness (QED) is 0.622. The van der Waals surface area contributed by atoms with E-state index in [1.54, 1.807) is 17.0 Å². The Labute approximate surface area is 175 Å². The molecular formula is C21H22N4O4S. The molecule has 0 N–H and O–H groups in total. The zero-order valence-electron chi connectivity index (χ0n) is 17.0. The van der Waals surface area contributed by atoms with E-state index in [4.69, 9.17) is 4.52 Å². The van der Waals surface area contributed by atoms with E-state index in [9.17, 15) is 13.2 Å². The minimum atomic E-state index is -3.76. The van der Waals surface area contributed by atoms with Gasteiger partial charge in [-0.1, -0.05) is 28.9 Å². The summed E-state index contributed by atoms with van der Waals surface area (Å²) in [7, 11) is -2.28. The molecule has 0 atom stereocenters. The van der Waals surface area contributed by atoms with Crippen molar-refractivity contribution in [1.82, 2.24) is 14.4 Å². The van der Waals surface area contributed by atoms with E-state index < -0.39 is 10.0 Å². The molecule has 9 heteroatoms. The third-order valence-corrected chi connectivity index (χ3v) is 6.94. The average Bonchev–Trinajstić information content (AvgIpc) is 3.34. The summed E-state index contributed by atoms with van der Waals surface area (Å²) in [5.74, 6) is 0.574. The van der Waals surface area contributed by atoms with Gasteiger partial charge in [-0.25, -0.2) is 8.42 Å². The first-order valence-corrected chi connectivity index (χ1v) is 11.0. The fourth-order valence-corrected chi connectivity index (χ4v) is 4.71. The molecule has 0 saturated heterocycles. The largest absolute Gasteiger partial charge is 0.338 e. The van der Waals surface area contributed by atoms with E-state index in [1.807, 2.05) is 31.2 Å². The molecule has 1 aliphatic heterocycles. The highest BCUT2D eigenvalue weighted by atomic mass is 32.2. The van der Waals surface area contributed by atoms with Gasteiger partial charge in [0.25, 0.3) is 0 Å². The van der Waals surface area contributed by atoms with Gasteiger partial charge in [-0.15, -0.1) is 0 Å². The minimum Gasteiger partial charge on any atom is -0.338 e. The number of rotatable bonds is 5. The third-order valence-electron chi connectivity index (χ3n) is 5.14. The molecule has 4 rings (SSSR count). The Hall–Kier alpha value is -3.04. The Balaban J connectivity index is 1.54. The highest BCUT2D eigenvalue weighted by molar-refractivity contribution is 7.89. The Morgan fingerprint density at radius 3 is 2.77 bits per heavy atom. The van der Waals surface area contributed by atoms with Crippen molar-refractivity contribution in [3.05, 3.63) is 59.5 Å². The fraction of sp³-hybridized carbons (Fsp3) is 0.286. The average molecular weight is 426 g/mol. The lowest BCUT2D eigenvalue weighted by molar-refractivity contribution is -0.116. The molecule has 0 bridgehead atoms. The van der Waals surface area contributed by atoms with Crippen molar-refractivity contribution in [3.8, 4) is 11.4 Å². The molecule has 3 aromatic rings. The summed E-state index contributed by atoms with van der Waals surface area (Å²) >= 11 is 0. The van der Waals surface area contributed by atoms with Crippen LogP contribution in [0, 0.1) is 6.92 Å². The van der Waals surface area contributed by atoms with E-state index in [0.29, 0.717) is 18.8 Å². The van der Waals surface area contributed by atoms with Crippen LogP contribution < -0.4 is 4.90 Å². The topological polar surface area (TPSA) is 96.6 Å². The summed E-state index contributed by atoms with van der Waals surface area (Å²) in [6, 6.07) is 12.5. The van der Waals surface area contributed by atoms with Crippen molar-refractivity contribution < 1.29 is 17.7 Å². The van der Waals surface area contributed by atoms with Gasteiger partial charge in [0.2, 0.25) is 27.6 Å². The highest BCUT2D eigenvalue weighted by Crippen LogP contribution is 2.31. The molecule has 0 spiro atoms. The van der Waals surface area contributed by atoms with Crippen molar-refractivity contribution in [1.29, 1.82) is 0 Å². The second-order valence-corrected chi connectivity index (χ2v) is 9.40. The number of hydrogen-bond acceptors (Lipinski definition) is 6. The lowest BCUT2D eigenvalue weighted by Crippen LogP contribution is -2.27. The highest BCUT2D eigenvalue weighted by Gasteiger charge is 2.27. The summed E-state index contributed by atoms with van der Waals surface area (Å²) in [6.07, 6.45) is 0.630. The maximum absolute atomic E-state index is 13.0. The van der Waals surface area contributed by atoms with Gasteiger partial charge >= 0.3 is 0 Å². The van der Waals surface area contributed by atoms with E-state index in [1.165, 1.54) is 24.3 Å². The number of aromatic nitrogens is 2. The van der Waals surface area contributed by atoms with Crippen LogP contribution in [0.5, 0.6) is 0 Å². The van der Waals surface area contributed by atoms with Crippen LogP contribution in [0.15, 0.2) is 51.9 Å². The van der Waals surface area contributed by atoms with Gasteiger partial charge in [0.1, 0.15) is 0 Å². The summed E-state index contributed by atoms with van der Waals surface area (Å²) < 4.78 is 32.5. The van der Waals surface area contributed by atoms with Gasteiger partial charge in [-0.05, 0) is 43.2 Å². The summed E-state index contributed by atoms with van der Waals surface area (Å²) in [5.41, 5.74) is 3.49. The van der Waals surface area contributed by atoms with Crippen molar-refractivity contribution >= 4 is 21.6 Å². The van der Waals surface area contributed by atoms with Crippen LogP contribution in [0.4, 0.5) is 5.69 Å². The minimum absolute atomic E-state index is 0.0438. The van der Waals surface area contributed by atoms with Crippen molar-refractivity contribution in [3.63, 3.8) is 0 Å². The van der Waals surface area contributed by atoms with Crippen LogP contribution in [0.25, 0.3) is 11.4 Å². The third kappa shape index (κ3) is 3.73. The number of fused-ring (bicyclic) bond motifs is 1. The monoisotopic (exact) mass is 426 g/mol. The zero-order valence-corrected chi connectivity index (χ0v) is 17.8. The molecule has 1 aliphatic rings. The molecule has 1 amide bonds. The van der Waals surface area contributed by atoms with Gasteiger partial charge in [-0.2, -0.15) is 9.29 Å². The van der Waals surface area contributed by atoms with Gasteiger partial charge in [0, 0.05) is 31.8 Å². The second kappa shape index (κ2) is 7.66. The van der Waals surface area contributed by atoms with Crippen molar-refractivity contribution in [2.24, 2.45) is 0 Å². The zero-order chi connectivity index (χ0) is 21.5. The fourth-order valence-electron chi connectivity index (χ4n) is 3.54. The van der Waals surface area contributed by atoms with E-state index >= 15 is 0 Å². The van der Waals surface area contributed by atoms with Crippen LogP contribution in [0.1, 0.15) is 23.9 Å². The molecular weight excluding hydrogens is 404 g/mol. The number of anilines is 1. The first kappa shape index (κ1) is 20.2. The van der Waals surface area contributed by atoms with Gasteiger partial charge in [-0.3, -0.25) is 4.79 Å². The first-order valence-electron chi connectivity index (χ1n) is 9.53. The molecule has 30 heavy (non-hydrogen) atoms. The first-order chi connectivity index (χ1) is 14.3. The Morgan fingerprint density at radius 1 is 1.23 bits per heavy atom. The number of amides is 1. The van der Waals surface area contributed by atoms with Crippen LogP contribution >= 0.6 is 0 Å². The SMILES string of the molecule is CC(=O)N1CCc2cc(S(=O)(=O)N(C)Cc3nc(-c4cccc(C)c4)no3)ccc21. The Kier molecular flexibility index (Phi) is 5.17. The molecule has 8 nitrogen and oxygen atoms in total. The predicted molar refractivity (Wildman–Crippen MR) is 111 cm³/mol. The summed E-state index contributed by atoms with van der Waals surface area (Å²) in [6.45, 7) is 3.99. The van der Waals surface area contributed by atoms with Crippen molar-refractivity contribution in [2.75, 3.05) is 18.5 Å². The normalized spacial score (nSPS) is 13.7. The van der Waals surface area contributed by atoms with Crippen molar-refractivity contribution in [2.45, 2.75) is 31.7 Å². The number of carbonyl (C=O) groups is 1. The number of benzene rings is 2. The maximum atomic E-state index is 13.0. The Morgan fingerprint density at radius 2 is 2.03 bits per heavy atom. The Bertz CT molecular complexity index is 1220. The maximum Gasteiger partial charge on any atom is 0.243 e. The molecule has 0 radical (unpaired) electrons. The number of hydrogen-bond donors (Lipinski definition) is 0. The smallest absolute Gasteiger partial charge is 0.243 e. The number of aryl methyl sites for hydroxylation is 1. The lowest BCUT2D eigenvalue weighted by atomic mass is 10.1. The van der Waals surface area contributed by atoms with Crippen LogP contribution in [-0.2, 0) is 27.8 Å². The molecule has 2 heterocycles. The standard InChI is InChI=1S/C21H22N4O4S/c1-14-5-4-6-17(11-14)21-22-20(29-23-21)13-24(3)30(27,28)18-7-8-19-16(12-18)9-10-25(19)15(2)26/h4-8,11-12H,9-10,13H2,1-3H3. The predicted octanol–water partition coefficient (Wildman–Crippen LogP) is 2.77. The van der Waals surface area contributed by atoms with E-state index in [-0.39, 0.29) is 23.2 Å². The van der Waals surface area contributed by atoms with Crippen LogP contribution in [0.2, 0.25) is 0 Å². The van der Waals surface area contributed by atoms with E-state index in [0.717, 1.165) is 22.4 Å². The van der Waals surface area contributed by atoms with E-state index in [2.05, 4.69) is 10.1 Å². The number of carbonyl (C=O) groups excluding carboxylic acids is 1. The van der Waals surface area contributed by atoms with Crippen LogP contribution in [0.3, 0.4) is 0 Å². The molecule has 2 aromatic carbocycles. The summed E-state index contributed by atoms with van der Waals surface area (Å²) in [4.78, 5) is 17.9. The molecule has 156 valence electrons. The van der Waals surface area contributed by atoms with Gasteiger partial charge < -0.3 is 9.42 Å². The molecule has 0 fully saturated rings. The number of sulfonamides is 1. The molecule has 1 aromatic heterocycles. The summed E-state index contributed by atoms with van der Waals surface area (Å²) in [5, 5.41) is 3.96. The molecule has 0 saturated carbocycles. The van der Waals surface area contributed by atoms with Crippen LogP contribution in [-0.4, -0.2) is 42.4 Å². The molecule has 0 unspecified atom stereocenters. The molecule has 0 aliphatic carbocycles. The van der Waals surface area contributed by atoms with Gasteiger partial charge in [0.15, 0.2) is 0 Å². The second-order valence-electron chi connectivity index (χ2n) is 7.35. The number of nitrogens with zero attached hydrogens (tertiary/aromatic N) is 4.